The van der Waals surface area contributed by atoms with Crippen LogP contribution in [0, 0.1) is 5.21 Å². The molecule has 0 radical (unpaired) electrons. The molecular formula is C18H15N5O3. The molecule has 0 aliphatic heterocycles. The van der Waals surface area contributed by atoms with Crippen LogP contribution in [-0.4, -0.2) is 20.8 Å². The lowest BCUT2D eigenvalue weighted by Crippen LogP contribution is -2.27. The van der Waals surface area contributed by atoms with Crippen molar-refractivity contribution in [3.05, 3.63) is 77.3 Å². The number of rotatable bonds is 4. The highest BCUT2D eigenvalue weighted by Crippen LogP contribution is 2.21. The molecular weight excluding hydrogens is 334 g/mol. The fourth-order valence-corrected chi connectivity index (χ4v) is 2.85. The summed E-state index contributed by atoms with van der Waals surface area (Å²) >= 11 is 0. The number of amides is 1. The van der Waals surface area contributed by atoms with E-state index in [1.165, 1.54) is 12.1 Å². The first-order chi connectivity index (χ1) is 12.6. The third-order valence-electron chi connectivity index (χ3n) is 4.15. The van der Waals surface area contributed by atoms with Crippen LogP contribution in [0.5, 0.6) is 0 Å². The average molecular weight is 349 g/mol. The summed E-state index contributed by atoms with van der Waals surface area (Å²) in [5.74, 6) is -0.268. The molecule has 4 rings (SSSR count). The van der Waals surface area contributed by atoms with Crippen LogP contribution in [-0.2, 0) is 0 Å². The Hall–Kier alpha value is -3.68. The number of hydrogen-bond acceptors (Lipinski definition) is 5. The van der Waals surface area contributed by atoms with E-state index >= 15 is 0 Å². The first-order valence-corrected chi connectivity index (χ1v) is 8.03. The van der Waals surface area contributed by atoms with Crippen LogP contribution in [0.2, 0.25) is 0 Å². The second-order valence-electron chi connectivity index (χ2n) is 5.84. The van der Waals surface area contributed by atoms with Crippen molar-refractivity contribution in [1.82, 2.24) is 20.3 Å². The zero-order valence-electron chi connectivity index (χ0n) is 13.9. The molecule has 0 aliphatic carbocycles. The minimum absolute atomic E-state index is 0.250. The van der Waals surface area contributed by atoms with E-state index in [0.29, 0.717) is 16.0 Å². The summed E-state index contributed by atoms with van der Waals surface area (Å²) in [6.45, 7) is 1.90. The number of carbonyl (C=O) groups excluding carboxylic acids is 1. The molecule has 1 atom stereocenters. The molecule has 0 spiro atoms. The largest absolute Gasteiger partial charge is 0.359 e. The highest BCUT2D eigenvalue weighted by atomic mass is 16.8. The van der Waals surface area contributed by atoms with E-state index < -0.39 is 0 Å². The molecule has 8 heteroatoms. The summed E-state index contributed by atoms with van der Waals surface area (Å²) in [6, 6.07) is 13.9. The van der Waals surface area contributed by atoms with Gasteiger partial charge in [-0.05, 0) is 41.7 Å². The summed E-state index contributed by atoms with van der Waals surface area (Å²) in [4.78, 5) is 12.9. The Morgan fingerprint density at radius 2 is 2.12 bits per heavy atom. The Bertz CT molecular complexity index is 1070. The third kappa shape index (κ3) is 2.77. The van der Waals surface area contributed by atoms with Crippen molar-refractivity contribution in [2.45, 2.75) is 13.0 Å². The molecule has 4 aromatic rings. The number of carbonyl (C=O) groups is 1. The summed E-state index contributed by atoms with van der Waals surface area (Å²) in [5.41, 5.74) is 2.83. The second kappa shape index (κ2) is 6.32. The normalized spacial score (nSPS) is 12.2. The van der Waals surface area contributed by atoms with Crippen LogP contribution in [0.3, 0.4) is 0 Å². The van der Waals surface area contributed by atoms with Crippen molar-refractivity contribution in [1.29, 1.82) is 0 Å². The molecule has 2 aromatic heterocycles. The fourth-order valence-electron chi connectivity index (χ4n) is 2.85. The molecule has 2 aromatic carbocycles. The molecule has 0 saturated heterocycles. The van der Waals surface area contributed by atoms with E-state index in [1.807, 2.05) is 43.5 Å². The lowest BCUT2D eigenvalue weighted by molar-refractivity contribution is -0.782. The molecule has 0 unspecified atom stereocenters. The Morgan fingerprint density at radius 1 is 1.27 bits per heavy atom. The average Bonchev–Trinajstić information content (AvgIpc) is 3.32. The highest BCUT2D eigenvalue weighted by molar-refractivity contribution is 5.97. The van der Waals surface area contributed by atoms with Gasteiger partial charge in [0.1, 0.15) is 0 Å². The van der Waals surface area contributed by atoms with Gasteiger partial charge >= 0.3 is 0 Å². The molecule has 1 amide bonds. The van der Waals surface area contributed by atoms with Crippen LogP contribution < -0.4 is 10.2 Å². The Labute approximate surface area is 148 Å². The van der Waals surface area contributed by atoms with E-state index in [2.05, 4.69) is 20.2 Å². The van der Waals surface area contributed by atoms with Crippen LogP contribution in [0.25, 0.3) is 16.7 Å². The van der Waals surface area contributed by atoms with Gasteiger partial charge in [0.15, 0.2) is 0 Å². The zero-order valence-corrected chi connectivity index (χ0v) is 13.9. The highest BCUT2D eigenvalue weighted by Gasteiger charge is 2.18. The van der Waals surface area contributed by atoms with Gasteiger partial charge in [0.2, 0.25) is 11.0 Å². The maximum Gasteiger partial charge on any atom is 0.251 e. The maximum atomic E-state index is 12.6. The van der Waals surface area contributed by atoms with Crippen molar-refractivity contribution >= 4 is 16.9 Å². The number of aromatic nitrogens is 4. The molecule has 130 valence electrons. The van der Waals surface area contributed by atoms with E-state index in [1.54, 1.807) is 16.9 Å². The molecule has 26 heavy (non-hydrogen) atoms. The molecule has 8 nitrogen and oxygen atoms in total. The van der Waals surface area contributed by atoms with Gasteiger partial charge in [-0.1, -0.05) is 18.2 Å². The Morgan fingerprint density at radius 3 is 2.92 bits per heavy atom. The van der Waals surface area contributed by atoms with Crippen LogP contribution in [0.4, 0.5) is 0 Å². The minimum Gasteiger partial charge on any atom is -0.359 e. The van der Waals surface area contributed by atoms with Gasteiger partial charge in [-0.3, -0.25) is 9.42 Å². The van der Waals surface area contributed by atoms with Gasteiger partial charge in [-0.15, -0.1) is 0 Å². The lowest BCUT2D eigenvalue weighted by Gasteiger charge is -2.18. The predicted octanol–water partition coefficient (Wildman–Crippen LogP) is 2.14. The number of fused-ring (bicyclic) bond motifs is 1. The number of nitrogens with zero attached hydrogens (tertiary/aromatic N) is 4. The lowest BCUT2D eigenvalue weighted by atomic mass is 10.1. The van der Waals surface area contributed by atoms with E-state index in [9.17, 15) is 10.0 Å². The van der Waals surface area contributed by atoms with Gasteiger partial charge in [0.25, 0.3) is 5.91 Å². The molecule has 0 aliphatic rings. The summed E-state index contributed by atoms with van der Waals surface area (Å²) < 4.78 is 6.28. The minimum atomic E-state index is -0.268. The quantitative estimate of drug-likeness (QED) is 0.569. The first-order valence-electron chi connectivity index (χ1n) is 8.03. The topological polar surface area (TPSA) is 99.9 Å². The van der Waals surface area contributed by atoms with Gasteiger partial charge < -0.3 is 10.5 Å². The standard InChI is InChI=1S/C18H15N5O3/c1-12(14-5-2-3-6-16(14)22-10-4-9-19-22)20-18(24)13-7-8-17-15(11-13)21-26-23(17)25/h2-12H,1H3,(H,20,24)/t12-/m1/s1. The molecule has 2 heterocycles. The first kappa shape index (κ1) is 15.8. The summed E-state index contributed by atoms with van der Waals surface area (Å²) in [7, 11) is 0. The van der Waals surface area contributed by atoms with Crippen LogP contribution in [0.1, 0.15) is 28.9 Å². The van der Waals surface area contributed by atoms with Crippen LogP contribution >= 0.6 is 0 Å². The Balaban J connectivity index is 1.59. The van der Waals surface area contributed by atoms with Gasteiger partial charge in [-0.25, -0.2) is 4.68 Å². The SMILES string of the molecule is C[C@@H](NC(=O)c1ccc2c(c1)no[n+]2[O-])c1ccccc1-n1cccn1. The van der Waals surface area contributed by atoms with Crippen molar-refractivity contribution in [3.63, 3.8) is 0 Å². The number of nitrogens with one attached hydrogen (secondary N) is 1. The van der Waals surface area contributed by atoms with Crippen molar-refractivity contribution in [2.75, 3.05) is 0 Å². The van der Waals surface area contributed by atoms with Crippen molar-refractivity contribution < 1.29 is 14.3 Å². The van der Waals surface area contributed by atoms with Crippen LogP contribution in [0.15, 0.2) is 65.6 Å². The van der Waals surface area contributed by atoms with Crippen molar-refractivity contribution in [2.24, 2.45) is 0 Å². The number of para-hydroxylation sites is 1. The van der Waals surface area contributed by atoms with E-state index in [-0.39, 0.29) is 17.5 Å². The summed E-state index contributed by atoms with van der Waals surface area (Å²) in [6.07, 6.45) is 3.56. The molecule has 0 saturated carbocycles. The number of benzene rings is 2. The molecule has 0 fully saturated rings. The summed E-state index contributed by atoms with van der Waals surface area (Å²) in [5, 5.41) is 22.2. The monoisotopic (exact) mass is 349 g/mol. The van der Waals surface area contributed by atoms with E-state index in [4.69, 9.17) is 0 Å². The van der Waals surface area contributed by atoms with E-state index in [0.717, 1.165) is 11.3 Å². The third-order valence-corrected chi connectivity index (χ3v) is 4.15. The van der Waals surface area contributed by atoms with Gasteiger partial charge in [-0.2, -0.15) is 5.10 Å². The fraction of sp³-hybridized carbons (Fsp3) is 0.111. The maximum absolute atomic E-state index is 12.6. The number of hydrogen-bond donors (Lipinski definition) is 1. The Kier molecular flexibility index (Phi) is 3.85. The second-order valence-corrected chi connectivity index (χ2v) is 5.84. The zero-order chi connectivity index (χ0) is 18.1. The smallest absolute Gasteiger partial charge is 0.251 e. The predicted molar refractivity (Wildman–Crippen MR) is 92.4 cm³/mol. The molecule has 1 N–H and O–H groups in total. The van der Waals surface area contributed by atoms with Gasteiger partial charge in [0.05, 0.1) is 11.7 Å². The van der Waals surface area contributed by atoms with Crippen molar-refractivity contribution in [3.8, 4) is 5.69 Å². The van der Waals surface area contributed by atoms with Gasteiger partial charge in [0, 0.05) is 29.2 Å². The molecule has 0 bridgehead atoms.